The Morgan fingerprint density at radius 2 is 1.53 bits per heavy atom. The SMILES string of the molecule is O=C1C(=O)N(c2ccccc2)C1c1ccc(F)cc1. The zero-order valence-corrected chi connectivity index (χ0v) is 9.92. The molecule has 1 aliphatic rings. The van der Waals surface area contributed by atoms with Crippen molar-refractivity contribution in [2.75, 3.05) is 4.90 Å². The number of halogens is 1. The van der Waals surface area contributed by atoms with Gasteiger partial charge in [-0.1, -0.05) is 30.3 Å². The van der Waals surface area contributed by atoms with Gasteiger partial charge in [-0.3, -0.25) is 14.5 Å². The van der Waals surface area contributed by atoms with E-state index in [1.165, 1.54) is 29.2 Å². The molecule has 94 valence electrons. The van der Waals surface area contributed by atoms with Crippen molar-refractivity contribution in [2.45, 2.75) is 6.04 Å². The van der Waals surface area contributed by atoms with Gasteiger partial charge in [0.15, 0.2) is 0 Å². The zero-order valence-electron chi connectivity index (χ0n) is 9.92. The lowest BCUT2D eigenvalue weighted by Gasteiger charge is -2.38. The summed E-state index contributed by atoms with van der Waals surface area (Å²) in [5.41, 5.74) is 1.29. The molecule has 1 fully saturated rings. The first-order valence-electron chi connectivity index (χ1n) is 5.86. The summed E-state index contributed by atoms with van der Waals surface area (Å²) in [6, 6.07) is 13.9. The third-order valence-electron chi connectivity index (χ3n) is 3.16. The summed E-state index contributed by atoms with van der Waals surface area (Å²) < 4.78 is 12.9. The van der Waals surface area contributed by atoms with Gasteiger partial charge in [0.1, 0.15) is 11.9 Å². The molecule has 4 heteroatoms. The van der Waals surface area contributed by atoms with Crippen molar-refractivity contribution in [2.24, 2.45) is 0 Å². The summed E-state index contributed by atoms with van der Waals surface area (Å²) >= 11 is 0. The quantitative estimate of drug-likeness (QED) is 0.610. The van der Waals surface area contributed by atoms with Crippen LogP contribution in [-0.4, -0.2) is 11.7 Å². The number of anilines is 1. The molecule has 2 aromatic carbocycles. The molecule has 0 N–H and O–H groups in total. The van der Waals surface area contributed by atoms with Crippen molar-refractivity contribution in [3.05, 3.63) is 66.0 Å². The topological polar surface area (TPSA) is 37.4 Å². The summed E-state index contributed by atoms with van der Waals surface area (Å²) in [4.78, 5) is 24.9. The second-order valence-corrected chi connectivity index (χ2v) is 4.33. The molecule has 3 rings (SSSR count). The maximum absolute atomic E-state index is 12.9. The summed E-state index contributed by atoms with van der Waals surface area (Å²) in [7, 11) is 0. The van der Waals surface area contributed by atoms with Crippen LogP contribution in [0.1, 0.15) is 11.6 Å². The number of ketones is 1. The average Bonchev–Trinajstić information content (AvgIpc) is 2.46. The Morgan fingerprint density at radius 3 is 2.16 bits per heavy atom. The summed E-state index contributed by atoms with van der Waals surface area (Å²) in [6.45, 7) is 0. The van der Waals surface area contributed by atoms with E-state index >= 15 is 0 Å². The molecule has 0 bridgehead atoms. The first-order chi connectivity index (χ1) is 9.18. The molecule has 0 saturated carbocycles. The van der Waals surface area contributed by atoms with Crippen LogP contribution in [0.15, 0.2) is 54.6 Å². The lowest BCUT2D eigenvalue weighted by molar-refractivity contribution is -0.143. The van der Waals surface area contributed by atoms with Crippen LogP contribution in [0.2, 0.25) is 0 Å². The van der Waals surface area contributed by atoms with E-state index in [1.807, 2.05) is 6.07 Å². The normalized spacial score (nSPS) is 18.4. The molecule has 0 spiro atoms. The number of carbonyl (C=O) groups excluding carboxylic acids is 2. The molecular formula is C15H10FNO2. The van der Waals surface area contributed by atoms with E-state index in [1.54, 1.807) is 24.3 Å². The number of β-lactam (4-membered cyclic amide) rings is 1. The minimum atomic E-state index is -0.643. The molecule has 0 aromatic heterocycles. The fraction of sp³-hybridized carbons (Fsp3) is 0.0667. The number of para-hydroxylation sites is 1. The van der Waals surface area contributed by atoms with Crippen molar-refractivity contribution >= 4 is 17.4 Å². The molecule has 2 aromatic rings. The number of hydrogen-bond donors (Lipinski definition) is 0. The maximum Gasteiger partial charge on any atom is 0.297 e. The largest absolute Gasteiger partial charge is 0.297 e. The van der Waals surface area contributed by atoms with Gasteiger partial charge in [0, 0.05) is 5.69 Å². The van der Waals surface area contributed by atoms with Crippen LogP contribution >= 0.6 is 0 Å². The Hall–Kier alpha value is -2.49. The Balaban J connectivity index is 1.98. The van der Waals surface area contributed by atoms with Crippen LogP contribution < -0.4 is 4.90 Å². The van der Waals surface area contributed by atoms with Gasteiger partial charge in [-0.25, -0.2) is 4.39 Å². The second kappa shape index (κ2) is 4.31. The lowest BCUT2D eigenvalue weighted by atomic mass is 9.91. The molecule has 0 aliphatic carbocycles. The molecule has 0 radical (unpaired) electrons. The molecule has 1 amide bonds. The van der Waals surface area contributed by atoms with Gasteiger partial charge in [0.05, 0.1) is 0 Å². The Bertz CT molecular complexity index is 637. The number of rotatable bonds is 2. The van der Waals surface area contributed by atoms with Crippen LogP contribution in [0.3, 0.4) is 0 Å². The van der Waals surface area contributed by atoms with Gasteiger partial charge in [-0.15, -0.1) is 0 Å². The minimum absolute atomic E-state index is 0.367. The highest BCUT2D eigenvalue weighted by Gasteiger charge is 2.47. The minimum Gasteiger partial charge on any atom is -0.291 e. The number of nitrogens with zero attached hydrogens (tertiary/aromatic N) is 1. The highest BCUT2D eigenvalue weighted by molar-refractivity contribution is 6.51. The molecule has 1 aliphatic heterocycles. The highest BCUT2D eigenvalue weighted by Crippen LogP contribution is 2.35. The molecular weight excluding hydrogens is 245 g/mol. The Kier molecular flexibility index (Phi) is 2.63. The Morgan fingerprint density at radius 1 is 0.895 bits per heavy atom. The number of Topliss-reactive ketones (excluding diaryl/α,β-unsaturated/α-hetero) is 1. The highest BCUT2D eigenvalue weighted by atomic mass is 19.1. The Labute approximate surface area is 109 Å². The van der Waals surface area contributed by atoms with Crippen molar-refractivity contribution in [1.82, 2.24) is 0 Å². The maximum atomic E-state index is 12.9. The van der Waals surface area contributed by atoms with Crippen molar-refractivity contribution < 1.29 is 14.0 Å². The van der Waals surface area contributed by atoms with Gasteiger partial charge in [0.2, 0.25) is 5.78 Å². The van der Waals surface area contributed by atoms with Crippen LogP contribution in [0.25, 0.3) is 0 Å². The third-order valence-corrected chi connectivity index (χ3v) is 3.16. The zero-order chi connectivity index (χ0) is 13.4. The van der Waals surface area contributed by atoms with Gasteiger partial charge in [-0.05, 0) is 29.8 Å². The average molecular weight is 255 g/mol. The van der Waals surface area contributed by atoms with E-state index in [9.17, 15) is 14.0 Å². The van der Waals surface area contributed by atoms with Crippen LogP contribution in [0.4, 0.5) is 10.1 Å². The summed E-state index contributed by atoms with van der Waals surface area (Å²) in [6.07, 6.45) is 0. The van der Waals surface area contributed by atoms with Crippen LogP contribution in [-0.2, 0) is 9.59 Å². The fourth-order valence-corrected chi connectivity index (χ4v) is 2.20. The van der Waals surface area contributed by atoms with Crippen LogP contribution in [0.5, 0.6) is 0 Å². The first kappa shape index (κ1) is 11.6. The fourth-order valence-electron chi connectivity index (χ4n) is 2.20. The predicted molar refractivity (Wildman–Crippen MR) is 68.1 cm³/mol. The molecule has 1 unspecified atom stereocenters. The van der Waals surface area contributed by atoms with Gasteiger partial charge < -0.3 is 0 Å². The number of amides is 1. The summed E-state index contributed by atoms with van der Waals surface area (Å²) in [5, 5.41) is 0. The third kappa shape index (κ3) is 1.81. The van der Waals surface area contributed by atoms with Crippen LogP contribution in [0, 0.1) is 5.82 Å². The van der Waals surface area contributed by atoms with E-state index in [-0.39, 0.29) is 5.82 Å². The standard InChI is InChI=1S/C15H10FNO2/c16-11-8-6-10(7-9-11)13-14(18)15(19)17(13)12-4-2-1-3-5-12/h1-9,13H. The first-order valence-corrected chi connectivity index (χ1v) is 5.86. The molecule has 3 nitrogen and oxygen atoms in total. The molecule has 1 atom stereocenters. The number of carbonyl (C=O) groups is 2. The summed E-state index contributed by atoms with van der Waals surface area (Å²) in [5.74, 6) is -1.36. The monoisotopic (exact) mass is 255 g/mol. The van der Waals surface area contributed by atoms with E-state index < -0.39 is 17.7 Å². The number of hydrogen-bond acceptors (Lipinski definition) is 2. The predicted octanol–water partition coefficient (Wildman–Crippen LogP) is 2.48. The second-order valence-electron chi connectivity index (χ2n) is 4.33. The van der Waals surface area contributed by atoms with Crippen molar-refractivity contribution in [3.63, 3.8) is 0 Å². The van der Waals surface area contributed by atoms with E-state index in [4.69, 9.17) is 0 Å². The van der Waals surface area contributed by atoms with Gasteiger partial charge >= 0.3 is 0 Å². The van der Waals surface area contributed by atoms with Crippen molar-refractivity contribution in [3.8, 4) is 0 Å². The van der Waals surface area contributed by atoms with Gasteiger partial charge in [-0.2, -0.15) is 0 Å². The molecule has 19 heavy (non-hydrogen) atoms. The lowest BCUT2D eigenvalue weighted by Crippen LogP contribution is -2.56. The van der Waals surface area contributed by atoms with Gasteiger partial charge in [0.25, 0.3) is 5.91 Å². The van der Waals surface area contributed by atoms with E-state index in [2.05, 4.69) is 0 Å². The van der Waals surface area contributed by atoms with E-state index in [0.717, 1.165) is 0 Å². The molecule has 1 saturated heterocycles. The van der Waals surface area contributed by atoms with E-state index in [0.29, 0.717) is 11.3 Å². The molecule has 1 heterocycles. The smallest absolute Gasteiger partial charge is 0.291 e. The number of benzene rings is 2. The van der Waals surface area contributed by atoms with Crippen molar-refractivity contribution in [1.29, 1.82) is 0 Å².